The Bertz CT molecular complexity index is 719. The Kier molecular flexibility index (Phi) is 2.52. The van der Waals surface area contributed by atoms with E-state index in [1.807, 2.05) is 6.92 Å². The van der Waals surface area contributed by atoms with Gasteiger partial charge in [-0.15, -0.1) is 0 Å². The predicted octanol–water partition coefficient (Wildman–Crippen LogP) is 3.50. The van der Waals surface area contributed by atoms with Crippen LogP contribution < -0.4 is 0 Å². The first-order valence-electron chi connectivity index (χ1n) is 5.42. The molecule has 0 radical (unpaired) electrons. The molecule has 0 saturated carbocycles. The summed E-state index contributed by atoms with van der Waals surface area (Å²) in [4.78, 5) is 4.47. The highest BCUT2D eigenvalue weighted by molar-refractivity contribution is 6.29. The van der Waals surface area contributed by atoms with Crippen LogP contribution >= 0.6 is 11.6 Å². The summed E-state index contributed by atoms with van der Waals surface area (Å²) in [7, 11) is 0. The Morgan fingerprint density at radius 2 is 1.94 bits per heavy atom. The molecule has 0 fully saturated rings. The zero-order valence-electron chi connectivity index (χ0n) is 9.56. The number of imidazole rings is 1. The second kappa shape index (κ2) is 4.07. The average Bonchev–Trinajstić information content (AvgIpc) is 2.74. The number of rotatable bonds is 1. The standard InChI is InChI=1S/C13H9ClFN3/c1-8-6-12(14)17-18-7-11(16-13(8)18)9-2-4-10(15)5-3-9/h2-7H,1H3. The maximum Gasteiger partial charge on any atom is 0.157 e. The highest BCUT2D eigenvalue weighted by Crippen LogP contribution is 2.21. The molecule has 5 heteroatoms. The van der Waals surface area contributed by atoms with Crippen molar-refractivity contribution in [3.8, 4) is 11.3 Å². The van der Waals surface area contributed by atoms with Crippen LogP contribution in [-0.2, 0) is 0 Å². The topological polar surface area (TPSA) is 30.2 Å². The minimum Gasteiger partial charge on any atom is -0.227 e. The quantitative estimate of drug-likeness (QED) is 0.671. The Labute approximate surface area is 108 Å². The van der Waals surface area contributed by atoms with Gasteiger partial charge in [0.2, 0.25) is 0 Å². The molecule has 2 aromatic heterocycles. The van der Waals surface area contributed by atoms with Crippen molar-refractivity contribution in [3.05, 3.63) is 53.1 Å². The van der Waals surface area contributed by atoms with Crippen LogP contribution in [0, 0.1) is 12.7 Å². The van der Waals surface area contributed by atoms with E-state index in [4.69, 9.17) is 11.6 Å². The normalized spacial score (nSPS) is 11.1. The number of aryl methyl sites for hydroxylation is 1. The van der Waals surface area contributed by atoms with Crippen LogP contribution in [0.25, 0.3) is 16.9 Å². The largest absolute Gasteiger partial charge is 0.227 e. The zero-order valence-corrected chi connectivity index (χ0v) is 10.3. The van der Waals surface area contributed by atoms with Crippen molar-refractivity contribution in [2.75, 3.05) is 0 Å². The number of benzene rings is 1. The van der Waals surface area contributed by atoms with Gasteiger partial charge >= 0.3 is 0 Å². The Morgan fingerprint density at radius 1 is 1.22 bits per heavy atom. The molecule has 0 amide bonds. The monoisotopic (exact) mass is 261 g/mol. The number of nitrogens with zero attached hydrogens (tertiary/aromatic N) is 3. The fourth-order valence-electron chi connectivity index (χ4n) is 1.85. The van der Waals surface area contributed by atoms with Crippen molar-refractivity contribution < 1.29 is 4.39 Å². The second-order valence-electron chi connectivity index (χ2n) is 4.05. The van der Waals surface area contributed by atoms with Crippen molar-refractivity contribution in [2.24, 2.45) is 0 Å². The molecule has 0 spiro atoms. The zero-order chi connectivity index (χ0) is 12.7. The molecule has 2 heterocycles. The lowest BCUT2D eigenvalue weighted by atomic mass is 10.2. The maximum atomic E-state index is 12.9. The molecule has 90 valence electrons. The summed E-state index contributed by atoms with van der Waals surface area (Å²) < 4.78 is 14.5. The van der Waals surface area contributed by atoms with Gasteiger partial charge in [-0.05, 0) is 42.8 Å². The molecular formula is C13H9ClFN3. The Morgan fingerprint density at radius 3 is 2.67 bits per heavy atom. The highest BCUT2D eigenvalue weighted by Gasteiger charge is 2.08. The van der Waals surface area contributed by atoms with E-state index in [2.05, 4.69) is 10.1 Å². The van der Waals surface area contributed by atoms with Crippen molar-refractivity contribution in [1.29, 1.82) is 0 Å². The molecule has 0 saturated heterocycles. The third-order valence-electron chi connectivity index (χ3n) is 2.72. The van der Waals surface area contributed by atoms with E-state index in [9.17, 15) is 4.39 Å². The van der Waals surface area contributed by atoms with E-state index in [1.54, 1.807) is 28.9 Å². The molecule has 18 heavy (non-hydrogen) atoms. The van der Waals surface area contributed by atoms with E-state index in [1.165, 1.54) is 12.1 Å². The molecule has 0 unspecified atom stereocenters. The highest BCUT2D eigenvalue weighted by atomic mass is 35.5. The van der Waals surface area contributed by atoms with Crippen LogP contribution in [-0.4, -0.2) is 14.6 Å². The Balaban J connectivity index is 2.19. The molecule has 0 aliphatic rings. The lowest BCUT2D eigenvalue weighted by Gasteiger charge is -1.96. The van der Waals surface area contributed by atoms with Gasteiger partial charge < -0.3 is 0 Å². The van der Waals surface area contributed by atoms with Gasteiger partial charge in [0, 0.05) is 5.56 Å². The van der Waals surface area contributed by atoms with E-state index < -0.39 is 0 Å². The summed E-state index contributed by atoms with van der Waals surface area (Å²) in [5, 5.41) is 4.57. The van der Waals surface area contributed by atoms with Crippen LogP contribution in [0.1, 0.15) is 5.56 Å². The van der Waals surface area contributed by atoms with Crippen LogP contribution in [0.4, 0.5) is 4.39 Å². The van der Waals surface area contributed by atoms with Crippen LogP contribution in [0.5, 0.6) is 0 Å². The third kappa shape index (κ3) is 1.84. The fraction of sp³-hybridized carbons (Fsp3) is 0.0769. The summed E-state index contributed by atoms with van der Waals surface area (Å²) in [6.07, 6.45) is 1.78. The number of fused-ring (bicyclic) bond motifs is 1. The average molecular weight is 262 g/mol. The molecule has 0 aliphatic heterocycles. The van der Waals surface area contributed by atoms with Gasteiger partial charge in [0.15, 0.2) is 5.65 Å². The first kappa shape index (κ1) is 11.2. The molecular weight excluding hydrogens is 253 g/mol. The SMILES string of the molecule is Cc1cc(Cl)nn2cc(-c3ccc(F)cc3)nc12. The molecule has 0 aliphatic carbocycles. The summed E-state index contributed by atoms with van der Waals surface area (Å²) >= 11 is 5.89. The van der Waals surface area contributed by atoms with Crippen LogP contribution in [0.2, 0.25) is 5.15 Å². The molecule has 1 aromatic carbocycles. The fourth-order valence-corrected chi connectivity index (χ4v) is 2.10. The lowest BCUT2D eigenvalue weighted by molar-refractivity contribution is 0.628. The first-order valence-corrected chi connectivity index (χ1v) is 5.80. The molecule has 3 nitrogen and oxygen atoms in total. The number of hydrogen-bond acceptors (Lipinski definition) is 2. The third-order valence-corrected chi connectivity index (χ3v) is 2.90. The van der Waals surface area contributed by atoms with Gasteiger partial charge in [-0.25, -0.2) is 13.9 Å². The predicted molar refractivity (Wildman–Crippen MR) is 68.1 cm³/mol. The van der Waals surface area contributed by atoms with Crippen molar-refractivity contribution in [1.82, 2.24) is 14.6 Å². The smallest absolute Gasteiger partial charge is 0.157 e. The van der Waals surface area contributed by atoms with Gasteiger partial charge in [-0.1, -0.05) is 11.6 Å². The summed E-state index contributed by atoms with van der Waals surface area (Å²) in [6, 6.07) is 7.96. The van der Waals surface area contributed by atoms with E-state index in [0.29, 0.717) is 5.15 Å². The van der Waals surface area contributed by atoms with Crippen molar-refractivity contribution in [3.63, 3.8) is 0 Å². The number of hydrogen-bond donors (Lipinski definition) is 0. The molecule has 0 atom stereocenters. The van der Waals surface area contributed by atoms with Gasteiger partial charge in [-0.2, -0.15) is 5.10 Å². The molecule has 0 N–H and O–H groups in total. The summed E-state index contributed by atoms with van der Waals surface area (Å²) in [5.74, 6) is -0.264. The summed E-state index contributed by atoms with van der Waals surface area (Å²) in [6.45, 7) is 1.92. The first-order chi connectivity index (χ1) is 8.63. The minimum atomic E-state index is -0.264. The Hall–Kier alpha value is -1.94. The van der Waals surface area contributed by atoms with Gasteiger partial charge in [0.25, 0.3) is 0 Å². The maximum absolute atomic E-state index is 12.9. The van der Waals surface area contributed by atoms with E-state index in [-0.39, 0.29) is 5.82 Å². The lowest BCUT2D eigenvalue weighted by Crippen LogP contribution is -1.92. The van der Waals surface area contributed by atoms with Crippen molar-refractivity contribution >= 4 is 17.2 Å². The molecule has 0 bridgehead atoms. The van der Waals surface area contributed by atoms with Gasteiger partial charge in [0.1, 0.15) is 11.0 Å². The number of aromatic nitrogens is 3. The van der Waals surface area contributed by atoms with Crippen LogP contribution in [0.15, 0.2) is 36.5 Å². The molecule has 3 rings (SSSR count). The second-order valence-corrected chi connectivity index (χ2v) is 4.44. The van der Waals surface area contributed by atoms with E-state index in [0.717, 1.165) is 22.5 Å². The minimum absolute atomic E-state index is 0.264. The summed E-state index contributed by atoms with van der Waals surface area (Å²) in [5.41, 5.74) is 3.28. The molecule has 3 aromatic rings. The van der Waals surface area contributed by atoms with Crippen LogP contribution in [0.3, 0.4) is 0 Å². The van der Waals surface area contributed by atoms with Gasteiger partial charge in [-0.3, -0.25) is 0 Å². The number of halogens is 2. The van der Waals surface area contributed by atoms with Gasteiger partial charge in [0.05, 0.1) is 11.9 Å². The van der Waals surface area contributed by atoms with E-state index >= 15 is 0 Å². The van der Waals surface area contributed by atoms with Crippen molar-refractivity contribution in [2.45, 2.75) is 6.92 Å².